The second-order valence-electron chi connectivity index (χ2n) is 3.46. The molecule has 2 nitrogen and oxygen atoms in total. The molecule has 1 rings (SSSR count). The topological polar surface area (TPSA) is 38.9 Å². The summed E-state index contributed by atoms with van der Waals surface area (Å²) < 4.78 is 0. The molecule has 0 aliphatic carbocycles. The van der Waals surface area contributed by atoms with E-state index in [9.17, 15) is 0 Å². The van der Waals surface area contributed by atoms with Gasteiger partial charge in [0.2, 0.25) is 0 Å². The van der Waals surface area contributed by atoms with Crippen LogP contribution >= 0.6 is 22.9 Å². The van der Waals surface area contributed by atoms with Crippen LogP contribution in [0.3, 0.4) is 0 Å². The smallest absolute Gasteiger partial charge is 0.143 e. The second kappa shape index (κ2) is 4.94. The molecule has 0 spiro atoms. The molecule has 2 N–H and O–H groups in total. The van der Waals surface area contributed by atoms with Crippen LogP contribution in [0.1, 0.15) is 23.7 Å². The van der Waals surface area contributed by atoms with Crippen molar-refractivity contribution in [2.75, 3.05) is 6.54 Å². The first-order chi connectivity index (χ1) is 6.13. The number of halogens is 1. The van der Waals surface area contributed by atoms with Crippen LogP contribution in [0, 0.1) is 5.92 Å². The van der Waals surface area contributed by atoms with Gasteiger partial charge in [0, 0.05) is 11.3 Å². The molecule has 0 bridgehead atoms. The number of aromatic nitrogens is 1. The van der Waals surface area contributed by atoms with Gasteiger partial charge in [0.25, 0.3) is 0 Å². The highest BCUT2D eigenvalue weighted by atomic mass is 35.5. The van der Waals surface area contributed by atoms with Gasteiger partial charge in [0.15, 0.2) is 0 Å². The zero-order valence-electron chi connectivity index (χ0n) is 8.01. The minimum Gasteiger partial charge on any atom is -0.330 e. The van der Waals surface area contributed by atoms with Crippen LogP contribution in [0.15, 0.2) is 0 Å². The van der Waals surface area contributed by atoms with E-state index in [1.165, 1.54) is 0 Å². The Hall–Kier alpha value is -0.120. The van der Waals surface area contributed by atoms with E-state index in [1.807, 2.05) is 0 Å². The molecule has 0 fully saturated rings. The fraction of sp³-hybridized carbons (Fsp3) is 0.667. The van der Waals surface area contributed by atoms with Gasteiger partial charge in [-0.3, -0.25) is 0 Å². The summed E-state index contributed by atoms with van der Waals surface area (Å²) in [4.78, 5) is 5.42. The van der Waals surface area contributed by atoms with Crippen molar-refractivity contribution in [3.05, 3.63) is 15.0 Å². The fourth-order valence-corrected chi connectivity index (χ4v) is 2.65. The van der Waals surface area contributed by atoms with Gasteiger partial charge in [-0.05, 0) is 18.9 Å². The molecule has 0 radical (unpaired) electrons. The van der Waals surface area contributed by atoms with E-state index in [2.05, 4.69) is 18.8 Å². The maximum atomic E-state index is 5.95. The third-order valence-electron chi connectivity index (χ3n) is 1.65. The summed E-state index contributed by atoms with van der Waals surface area (Å²) in [6, 6.07) is 0. The quantitative estimate of drug-likeness (QED) is 0.844. The number of thiazole rings is 1. The molecule has 0 aliphatic heterocycles. The van der Waals surface area contributed by atoms with Crippen LogP contribution in [0.2, 0.25) is 5.15 Å². The summed E-state index contributed by atoms with van der Waals surface area (Å²) in [6.07, 6.45) is 1.85. The number of hydrogen-bond donors (Lipinski definition) is 1. The number of rotatable bonds is 4. The SMILES string of the molecule is CC(C)Cc1nc(Cl)c(CCN)s1. The van der Waals surface area contributed by atoms with Crippen molar-refractivity contribution in [1.82, 2.24) is 4.98 Å². The van der Waals surface area contributed by atoms with Crippen LogP contribution in [0.5, 0.6) is 0 Å². The van der Waals surface area contributed by atoms with Crippen molar-refractivity contribution in [3.63, 3.8) is 0 Å². The zero-order chi connectivity index (χ0) is 9.84. The van der Waals surface area contributed by atoms with E-state index in [0.717, 1.165) is 22.7 Å². The maximum Gasteiger partial charge on any atom is 0.143 e. The minimum atomic E-state index is 0.632. The molecular formula is C9H15ClN2S. The van der Waals surface area contributed by atoms with Gasteiger partial charge in [-0.15, -0.1) is 11.3 Å². The van der Waals surface area contributed by atoms with Crippen LogP contribution in [0.4, 0.5) is 0 Å². The van der Waals surface area contributed by atoms with Crippen LogP contribution in [0.25, 0.3) is 0 Å². The normalized spacial score (nSPS) is 11.2. The van der Waals surface area contributed by atoms with Crippen molar-refractivity contribution in [1.29, 1.82) is 0 Å². The molecule has 13 heavy (non-hydrogen) atoms. The van der Waals surface area contributed by atoms with Gasteiger partial charge in [-0.25, -0.2) is 4.98 Å². The average Bonchev–Trinajstić information content (AvgIpc) is 2.31. The van der Waals surface area contributed by atoms with E-state index in [0.29, 0.717) is 17.6 Å². The molecule has 74 valence electrons. The molecule has 0 saturated heterocycles. The summed E-state index contributed by atoms with van der Waals surface area (Å²) >= 11 is 7.64. The molecular weight excluding hydrogens is 204 g/mol. The molecule has 1 aromatic rings. The highest BCUT2D eigenvalue weighted by molar-refractivity contribution is 7.12. The lowest BCUT2D eigenvalue weighted by atomic mass is 10.1. The van der Waals surface area contributed by atoms with Gasteiger partial charge in [0.1, 0.15) is 5.15 Å². The number of nitrogens with two attached hydrogens (primary N) is 1. The predicted octanol–water partition coefficient (Wildman–Crippen LogP) is 2.50. The van der Waals surface area contributed by atoms with Gasteiger partial charge < -0.3 is 5.73 Å². The highest BCUT2D eigenvalue weighted by Crippen LogP contribution is 2.24. The van der Waals surface area contributed by atoms with E-state index < -0.39 is 0 Å². The van der Waals surface area contributed by atoms with E-state index >= 15 is 0 Å². The Morgan fingerprint density at radius 2 is 2.23 bits per heavy atom. The third kappa shape index (κ3) is 3.25. The Kier molecular flexibility index (Phi) is 4.16. The summed E-state index contributed by atoms with van der Waals surface area (Å²) in [7, 11) is 0. The molecule has 1 heterocycles. The standard InChI is InChI=1S/C9H15ClN2S/c1-6(2)5-8-12-9(10)7(13-8)3-4-11/h6H,3-5,11H2,1-2H3. The van der Waals surface area contributed by atoms with Gasteiger partial charge in [-0.1, -0.05) is 25.4 Å². The predicted molar refractivity (Wildman–Crippen MR) is 58.4 cm³/mol. The monoisotopic (exact) mass is 218 g/mol. The average molecular weight is 219 g/mol. The van der Waals surface area contributed by atoms with Crippen molar-refractivity contribution in [3.8, 4) is 0 Å². The molecule has 0 saturated carbocycles. The number of nitrogens with zero attached hydrogens (tertiary/aromatic N) is 1. The summed E-state index contributed by atoms with van der Waals surface area (Å²) in [5.74, 6) is 0.632. The van der Waals surface area contributed by atoms with E-state index in [4.69, 9.17) is 17.3 Å². The van der Waals surface area contributed by atoms with Crippen molar-refractivity contribution >= 4 is 22.9 Å². The molecule has 0 unspecified atom stereocenters. The lowest BCUT2D eigenvalue weighted by molar-refractivity contribution is 0.644. The summed E-state index contributed by atoms with van der Waals surface area (Å²) in [6.45, 7) is 5.00. The maximum absolute atomic E-state index is 5.95. The molecule has 0 atom stereocenters. The summed E-state index contributed by atoms with van der Waals surface area (Å²) in [5, 5.41) is 1.77. The largest absolute Gasteiger partial charge is 0.330 e. The zero-order valence-corrected chi connectivity index (χ0v) is 9.58. The number of hydrogen-bond acceptors (Lipinski definition) is 3. The Morgan fingerprint density at radius 1 is 1.54 bits per heavy atom. The lowest BCUT2D eigenvalue weighted by Gasteiger charge is -1.97. The first-order valence-electron chi connectivity index (χ1n) is 4.47. The van der Waals surface area contributed by atoms with Gasteiger partial charge in [0.05, 0.1) is 5.01 Å². The lowest BCUT2D eigenvalue weighted by Crippen LogP contribution is -2.01. The van der Waals surface area contributed by atoms with Crippen LogP contribution in [-0.4, -0.2) is 11.5 Å². The molecule has 0 aromatic carbocycles. The second-order valence-corrected chi connectivity index (χ2v) is 4.98. The Balaban J connectivity index is 2.70. The Labute approximate surface area is 88.1 Å². The van der Waals surface area contributed by atoms with Gasteiger partial charge in [-0.2, -0.15) is 0 Å². The molecule has 1 aromatic heterocycles. The van der Waals surface area contributed by atoms with E-state index in [-0.39, 0.29) is 0 Å². The minimum absolute atomic E-state index is 0.632. The van der Waals surface area contributed by atoms with Crippen molar-refractivity contribution in [2.45, 2.75) is 26.7 Å². The fourth-order valence-electron chi connectivity index (χ4n) is 1.10. The molecule has 0 aliphatic rings. The van der Waals surface area contributed by atoms with E-state index in [1.54, 1.807) is 11.3 Å². The first-order valence-corrected chi connectivity index (χ1v) is 5.67. The van der Waals surface area contributed by atoms with Crippen molar-refractivity contribution < 1.29 is 0 Å². The van der Waals surface area contributed by atoms with Crippen LogP contribution < -0.4 is 5.73 Å². The summed E-state index contributed by atoms with van der Waals surface area (Å²) in [5.41, 5.74) is 5.46. The van der Waals surface area contributed by atoms with Crippen molar-refractivity contribution in [2.24, 2.45) is 11.7 Å². The van der Waals surface area contributed by atoms with Crippen LogP contribution in [-0.2, 0) is 12.8 Å². The molecule has 4 heteroatoms. The molecule has 0 amide bonds. The first kappa shape index (κ1) is 11.0. The highest BCUT2D eigenvalue weighted by Gasteiger charge is 2.09. The van der Waals surface area contributed by atoms with Gasteiger partial charge >= 0.3 is 0 Å². The third-order valence-corrected chi connectivity index (χ3v) is 3.21. The Morgan fingerprint density at radius 3 is 2.77 bits per heavy atom. The Bertz CT molecular complexity index is 271.